The fraction of sp³-hybridized carbons (Fsp3) is 0. The third-order valence-electron chi connectivity index (χ3n) is 1.36. The lowest BCUT2D eigenvalue weighted by molar-refractivity contribution is 0.112. The molecule has 0 fully saturated rings. The van der Waals surface area contributed by atoms with Crippen LogP contribution in [0, 0.1) is 5.82 Å². The molecule has 0 amide bonds. The SMILES string of the molecule is Bc1cc(F)ccc1C=O. The first-order chi connectivity index (χ1) is 4.74. The van der Waals surface area contributed by atoms with Gasteiger partial charge in [-0.3, -0.25) is 4.79 Å². The second-order valence-corrected chi connectivity index (χ2v) is 2.12. The summed E-state index contributed by atoms with van der Waals surface area (Å²) < 4.78 is 12.4. The number of halogens is 1. The summed E-state index contributed by atoms with van der Waals surface area (Å²) in [6.07, 6.45) is 0.717. The van der Waals surface area contributed by atoms with E-state index in [0.29, 0.717) is 11.0 Å². The monoisotopic (exact) mass is 136 g/mol. The van der Waals surface area contributed by atoms with Gasteiger partial charge in [-0.25, -0.2) is 4.39 Å². The molecule has 1 rings (SSSR count). The Morgan fingerprint density at radius 2 is 2.20 bits per heavy atom. The molecule has 0 aliphatic heterocycles. The Kier molecular flexibility index (Phi) is 1.85. The molecular formula is C7H6BFO. The van der Waals surface area contributed by atoms with Gasteiger partial charge in [-0.15, -0.1) is 0 Å². The highest BCUT2D eigenvalue weighted by Gasteiger charge is 1.95. The minimum Gasteiger partial charge on any atom is -0.298 e. The predicted octanol–water partition coefficient (Wildman–Crippen LogP) is -0.103. The van der Waals surface area contributed by atoms with Crippen LogP contribution >= 0.6 is 0 Å². The van der Waals surface area contributed by atoms with Crippen LogP contribution in [-0.4, -0.2) is 14.1 Å². The normalized spacial score (nSPS) is 9.30. The van der Waals surface area contributed by atoms with Gasteiger partial charge in [-0.2, -0.15) is 0 Å². The minimum atomic E-state index is -0.303. The second-order valence-electron chi connectivity index (χ2n) is 2.12. The van der Waals surface area contributed by atoms with Gasteiger partial charge in [0.25, 0.3) is 0 Å². The van der Waals surface area contributed by atoms with Crippen LogP contribution in [0.3, 0.4) is 0 Å². The van der Waals surface area contributed by atoms with Crippen molar-refractivity contribution >= 4 is 19.6 Å². The van der Waals surface area contributed by atoms with Gasteiger partial charge in [-0.05, 0) is 18.2 Å². The third kappa shape index (κ3) is 1.24. The van der Waals surface area contributed by atoms with Gasteiger partial charge >= 0.3 is 0 Å². The summed E-state index contributed by atoms with van der Waals surface area (Å²) in [5.74, 6) is -0.303. The Morgan fingerprint density at radius 1 is 1.50 bits per heavy atom. The van der Waals surface area contributed by atoms with Gasteiger partial charge in [-0.1, -0.05) is 5.46 Å². The molecule has 10 heavy (non-hydrogen) atoms. The summed E-state index contributed by atoms with van der Waals surface area (Å²) in [4.78, 5) is 10.2. The maximum Gasteiger partial charge on any atom is 0.149 e. The van der Waals surface area contributed by atoms with E-state index < -0.39 is 0 Å². The molecule has 0 heterocycles. The quantitative estimate of drug-likeness (QED) is 0.389. The average molecular weight is 136 g/mol. The number of hydrogen-bond acceptors (Lipinski definition) is 1. The van der Waals surface area contributed by atoms with Crippen LogP contribution in [0.1, 0.15) is 10.4 Å². The smallest absolute Gasteiger partial charge is 0.149 e. The van der Waals surface area contributed by atoms with Gasteiger partial charge < -0.3 is 0 Å². The maximum atomic E-state index is 12.4. The molecule has 0 saturated heterocycles. The molecule has 0 bridgehead atoms. The molecule has 50 valence electrons. The molecule has 0 unspecified atom stereocenters. The third-order valence-corrected chi connectivity index (χ3v) is 1.36. The van der Waals surface area contributed by atoms with Crippen LogP contribution in [0.4, 0.5) is 4.39 Å². The summed E-state index contributed by atoms with van der Waals surface area (Å²) in [6.45, 7) is 0. The van der Waals surface area contributed by atoms with Crippen LogP contribution in [0.15, 0.2) is 18.2 Å². The molecule has 3 heteroatoms. The maximum absolute atomic E-state index is 12.4. The van der Waals surface area contributed by atoms with Crippen molar-refractivity contribution < 1.29 is 9.18 Å². The van der Waals surface area contributed by atoms with Crippen molar-refractivity contribution in [1.82, 2.24) is 0 Å². The number of carbonyl (C=O) groups excluding carboxylic acids is 1. The summed E-state index contributed by atoms with van der Waals surface area (Å²) in [5.41, 5.74) is 1.22. The fourth-order valence-electron chi connectivity index (χ4n) is 0.771. The lowest BCUT2D eigenvalue weighted by Crippen LogP contribution is -2.09. The molecule has 0 aromatic heterocycles. The molecule has 0 aliphatic rings. The molecule has 0 radical (unpaired) electrons. The van der Waals surface area contributed by atoms with E-state index in [4.69, 9.17) is 0 Å². The zero-order valence-electron chi connectivity index (χ0n) is 5.60. The van der Waals surface area contributed by atoms with Gasteiger partial charge in [0.2, 0.25) is 0 Å². The Balaban J connectivity index is 3.19. The van der Waals surface area contributed by atoms with Crippen molar-refractivity contribution in [2.75, 3.05) is 0 Å². The van der Waals surface area contributed by atoms with Crippen molar-refractivity contribution in [3.8, 4) is 0 Å². The van der Waals surface area contributed by atoms with Crippen molar-refractivity contribution in [1.29, 1.82) is 0 Å². The Hall–Kier alpha value is -1.12. The Labute approximate surface area is 59.3 Å². The fourth-order valence-corrected chi connectivity index (χ4v) is 0.771. The Morgan fingerprint density at radius 3 is 2.70 bits per heavy atom. The van der Waals surface area contributed by atoms with E-state index in [2.05, 4.69) is 0 Å². The summed E-state index contributed by atoms with van der Waals surface area (Å²) in [7, 11) is 1.70. The zero-order chi connectivity index (χ0) is 7.56. The summed E-state index contributed by atoms with van der Waals surface area (Å²) in [6, 6.07) is 4.08. The Bertz CT molecular complexity index is 260. The average Bonchev–Trinajstić information content (AvgIpc) is 1.88. The van der Waals surface area contributed by atoms with E-state index in [-0.39, 0.29) is 5.82 Å². The van der Waals surface area contributed by atoms with Crippen molar-refractivity contribution in [2.45, 2.75) is 0 Å². The molecule has 0 aliphatic carbocycles. The van der Waals surface area contributed by atoms with Gasteiger partial charge in [0, 0.05) is 5.56 Å². The number of carbonyl (C=O) groups is 1. The van der Waals surface area contributed by atoms with E-state index in [9.17, 15) is 9.18 Å². The lowest BCUT2D eigenvalue weighted by atomic mass is 9.91. The van der Waals surface area contributed by atoms with E-state index >= 15 is 0 Å². The van der Waals surface area contributed by atoms with Crippen molar-refractivity contribution in [3.05, 3.63) is 29.6 Å². The lowest BCUT2D eigenvalue weighted by Gasteiger charge is -1.95. The van der Waals surface area contributed by atoms with Crippen LogP contribution in [0.2, 0.25) is 0 Å². The highest BCUT2D eigenvalue weighted by molar-refractivity contribution is 6.35. The van der Waals surface area contributed by atoms with E-state index in [0.717, 1.165) is 6.29 Å². The van der Waals surface area contributed by atoms with Crippen LogP contribution in [0.5, 0.6) is 0 Å². The molecule has 0 N–H and O–H groups in total. The predicted molar refractivity (Wildman–Crippen MR) is 40.0 cm³/mol. The molecule has 0 atom stereocenters. The second kappa shape index (κ2) is 2.65. The molecule has 1 aromatic rings. The van der Waals surface area contributed by atoms with Gasteiger partial charge in [0.1, 0.15) is 19.9 Å². The molecule has 1 nitrogen and oxygen atoms in total. The van der Waals surface area contributed by atoms with Crippen LogP contribution < -0.4 is 5.46 Å². The van der Waals surface area contributed by atoms with Crippen LogP contribution in [-0.2, 0) is 0 Å². The first-order valence-corrected chi connectivity index (χ1v) is 2.95. The summed E-state index contributed by atoms with van der Waals surface area (Å²) in [5, 5.41) is 0. The topological polar surface area (TPSA) is 17.1 Å². The van der Waals surface area contributed by atoms with Gasteiger partial charge in [0.15, 0.2) is 0 Å². The molecule has 0 saturated carbocycles. The summed E-state index contributed by atoms with van der Waals surface area (Å²) >= 11 is 0. The van der Waals surface area contributed by atoms with Crippen molar-refractivity contribution in [2.24, 2.45) is 0 Å². The number of rotatable bonds is 1. The first kappa shape index (κ1) is 7.00. The molecule has 1 aromatic carbocycles. The first-order valence-electron chi connectivity index (χ1n) is 2.95. The number of benzene rings is 1. The van der Waals surface area contributed by atoms with Crippen LogP contribution in [0.25, 0.3) is 0 Å². The van der Waals surface area contributed by atoms with Crippen molar-refractivity contribution in [3.63, 3.8) is 0 Å². The zero-order valence-corrected chi connectivity index (χ0v) is 5.60. The molecule has 0 spiro atoms. The van der Waals surface area contributed by atoms with E-state index in [1.54, 1.807) is 7.85 Å². The number of hydrogen-bond donors (Lipinski definition) is 0. The van der Waals surface area contributed by atoms with E-state index in [1.807, 2.05) is 0 Å². The standard InChI is InChI=1S/C7H6BFO/c8-7-3-6(9)2-1-5(7)4-10/h1-4H,8H2. The highest BCUT2D eigenvalue weighted by atomic mass is 19.1. The number of aldehydes is 1. The van der Waals surface area contributed by atoms with Gasteiger partial charge in [0.05, 0.1) is 0 Å². The molecular weight excluding hydrogens is 130 g/mol. The van der Waals surface area contributed by atoms with E-state index in [1.165, 1.54) is 18.2 Å². The highest BCUT2D eigenvalue weighted by Crippen LogP contribution is 1.95. The minimum absolute atomic E-state index is 0.303. The largest absolute Gasteiger partial charge is 0.298 e.